The molecule has 6 nitrogen and oxygen atoms in total. The fourth-order valence-corrected chi connectivity index (χ4v) is 2.75. The minimum Gasteiger partial charge on any atom is -0.493 e. The Bertz CT molecular complexity index is 824. The summed E-state index contributed by atoms with van der Waals surface area (Å²) < 4.78 is 5.79. The second-order valence-corrected chi connectivity index (χ2v) is 7.23. The first kappa shape index (κ1) is 25.7. The van der Waals surface area contributed by atoms with E-state index < -0.39 is 0 Å². The predicted octanol–water partition coefficient (Wildman–Crippen LogP) is 3.61. The van der Waals surface area contributed by atoms with Crippen LogP contribution >= 0.6 is 24.0 Å². The molecule has 0 aliphatic rings. The van der Waals surface area contributed by atoms with E-state index in [-0.39, 0.29) is 29.9 Å². The van der Waals surface area contributed by atoms with Gasteiger partial charge in [0, 0.05) is 32.7 Å². The maximum Gasteiger partial charge on any atom is 0.251 e. The van der Waals surface area contributed by atoms with Gasteiger partial charge in [0.25, 0.3) is 5.91 Å². The topological polar surface area (TPSA) is 74.8 Å². The molecule has 3 N–H and O–H groups in total. The average Bonchev–Trinajstić information content (AvgIpc) is 2.74. The highest BCUT2D eigenvalue weighted by molar-refractivity contribution is 14.0. The molecule has 2 aromatic carbocycles. The Hall–Kier alpha value is -2.29. The number of hydrogen-bond donors (Lipinski definition) is 3. The van der Waals surface area contributed by atoms with Crippen molar-refractivity contribution in [3.8, 4) is 5.75 Å². The van der Waals surface area contributed by atoms with E-state index in [1.807, 2.05) is 42.5 Å². The van der Waals surface area contributed by atoms with Crippen LogP contribution in [0.25, 0.3) is 0 Å². The van der Waals surface area contributed by atoms with Crippen molar-refractivity contribution in [2.45, 2.75) is 26.8 Å². The van der Waals surface area contributed by atoms with E-state index in [1.54, 1.807) is 14.1 Å². The summed E-state index contributed by atoms with van der Waals surface area (Å²) >= 11 is 0. The van der Waals surface area contributed by atoms with Gasteiger partial charge in [0.2, 0.25) is 0 Å². The zero-order valence-electron chi connectivity index (χ0n) is 18.2. The van der Waals surface area contributed by atoms with E-state index in [4.69, 9.17) is 4.74 Å². The molecular formula is C23H33IN4O2. The quantitative estimate of drug-likeness (QED) is 0.266. The largest absolute Gasteiger partial charge is 0.493 e. The van der Waals surface area contributed by atoms with Crippen molar-refractivity contribution >= 4 is 35.8 Å². The Morgan fingerprint density at radius 1 is 1.07 bits per heavy atom. The fraction of sp³-hybridized carbons (Fsp3) is 0.391. The van der Waals surface area contributed by atoms with Crippen LogP contribution in [-0.2, 0) is 13.0 Å². The Morgan fingerprint density at radius 2 is 1.80 bits per heavy atom. The van der Waals surface area contributed by atoms with Gasteiger partial charge < -0.3 is 20.7 Å². The fourth-order valence-electron chi connectivity index (χ4n) is 2.75. The molecule has 30 heavy (non-hydrogen) atoms. The van der Waals surface area contributed by atoms with Gasteiger partial charge in [-0.3, -0.25) is 9.79 Å². The van der Waals surface area contributed by atoms with Crippen LogP contribution in [0.1, 0.15) is 35.3 Å². The highest BCUT2D eigenvalue weighted by Crippen LogP contribution is 2.14. The van der Waals surface area contributed by atoms with Gasteiger partial charge in [-0.15, -0.1) is 24.0 Å². The molecule has 7 heteroatoms. The number of hydrogen-bond acceptors (Lipinski definition) is 3. The molecule has 0 spiro atoms. The summed E-state index contributed by atoms with van der Waals surface area (Å²) in [6, 6.07) is 15.7. The van der Waals surface area contributed by atoms with Crippen molar-refractivity contribution in [1.29, 1.82) is 0 Å². The number of ether oxygens (including phenoxy) is 1. The molecule has 0 fully saturated rings. The third-order valence-electron chi connectivity index (χ3n) is 4.29. The van der Waals surface area contributed by atoms with Gasteiger partial charge in [-0.2, -0.15) is 0 Å². The Labute approximate surface area is 196 Å². The van der Waals surface area contributed by atoms with Crippen LogP contribution in [0.3, 0.4) is 0 Å². The van der Waals surface area contributed by atoms with Crippen molar-refractivity contribution in [1.82, 2.24) is 16.0 Å². The van der Waals surface area contributed by atoms with Gasteiger partial charge in [-0.25, -0.2) is 0 Å². The monoisotopic (exact) mass is 524 g/mol. The lowest BCUT2D eigenvalue weighted by Crippen LogP contribution is -2.37. The zero-order valence-corrected chi connectivity index (χ0v) is 20.5. The van der Waals surface area contributed by atoms with Crippen LogP contribution in [0.15, 0.2) is 53.5 Å². The van der Waals surface area contributed by atoms with Gasteiger partial charge >= 0.3 is 0 Å². The maximum absolute atomic E-state index is 11.7. The summed E-state index contributed by atoms with van der Waals surface area (Å²) in [4.78, 5) is 16.0. The lowest BCUT2D eigenvalue weighted by molar-refractivity contribution is 0.0963. The minimum atomic E-state index is -0.0723. The molecule has 0 aliphatic carbocycles. The van der Waals surface area contributed by atoms with Gasteiger partial charge in [0.05, 0.1) is 6.61 Å². The molecular weight excluding hydrogens is 491 g/mol. The number of aliphatic imine (C=N–C) groups is 1. The van der Waals surface area contributed by atoms with Crippen LogP contribution < -0.4 is 20.7 Å². The van der Waals surface area contributed by atoms with Crippen LogP contribution in [0, 0.1) is 5.92 Å². The molecule has 0 atom stereocenters. The molecule has 2 rings (SSSR count). The first-order valence-corrected chi connectivity index (χ1v) is 9.99. The minimum absolute atomic E-state index is 0. The van der Waals surface area contributed by atoms with E-state index in [0.717, 1.165) is 29.3 Å². The second kappa shape index (κ2) is 13.8. The molecule has 0 aromatic heterocycles. The number of nitrogens with one attached hydrogen (secondary N) is 3. The van der Waals surface area contributed by atoms with E-state index in [0.29, 0.717) is 31.2 Å². The summed E-state index contributed by atoms with van der Waals surface area (Å²) in [6.45, 7) is 6.35. The molecule has 164 valence electrons. The summed E-state index contributed by atoms with van der Waals surface area (Å²) in [5, 5.41) is 9.28. The molecule has 2 aromatic rings. The van der Waals surface area contributed by atoms with Crippen molar-refractivity contribution in [2.75, 3.05) is 27.2 Å². The average molecular weight is 524 g/mol. The molecule has 0 aliphatic heterocycles. The standard InChI is InChI=1S/C23H32N4O2.HI/c1-17(2)16-29-21-10-6-8-19(14-21)15-27-23(25-4)26-12-11-18-7-5-9-20(13-18)22(28)24-3;/h5-10,13-14,17H,11-12,15-16H2,1-4H3,(H,24,28)(H2,25,26,27);1H. The third-order valence-corrected chi connectivity index (χ3v) is 4.29. The van der Waals surface area contributed by atoms with Crippen LogP contribution in [-0.4, -0.2) is 39.1 Å². The van der Waals surface area contributed by atoms with Gasteiger partial charge in [0.1, 0.15) is 5.75 Å². The number of nitrogens with zero attached hydrogens (tertiary/aromatic N) is 1. The maximum atomic E-state index is 11.7. The molecule has 0 saturated carbocycles. The summed E-state index contributed by atoms with van der Waals surface area (Å²) in [7, 11) is 3.39. The highest BCUT2D eigenvalue weighted by atomic mass is 127. The Morgan fingerprint density at radius 3 is 2.50 bits per heavy atom. The smallest absolute Gasteiger partial charge is 0.251 e. The summed E-state index contributed by atoms with van der Waals surface area (Å²) in [5.74, 6) is 2.05. The lowest BCUT2D eigenvalue weighted by atomic mass is 10.1. The lowest BCUT2D eigenvalue weighted by Gasteiger charge is -2.13. The van der Waals surface area contributed by atoms with E-state index in [9.17, 15) is 4.79 Å². The molecule has 1 amide bonds. The number of amides is 1. The second-order valence-electron chi connectivity index (χ2n) is 7.23. The van der Waals surface area contributed by atoms with Gasteiger partial charge in [0.15, 0.2) is 5.96 Å². The number of benzene rings is 2. The number of carbonyl (C=O) groups excluding carboxylic acids is 1. The number of halogens is 1. The highest BCUT2D eigenvalue weighted by Gasteiger charge is 2.05. The number of carbonyl (C=O) groups is 1. The van der Waals surface area contributed by atoms with E-state index in [1.165, 1.54) is 0 Å². The van der Waals surface area contributed by atoms with Crippen LogP contribution in [0.2, 0.25) is 0 Å². The van der Waals surface area contributed by atoms with Crippen LogP contribution in [0.5, 0.6) is 5.75 Å². The molecule has 0 unspecified atom stereocenters. The molecule has 0 saturated heterocycles. The normalized spacial score (nSPS) is 10.9. The number of rotatable bonds is 9. The first-order valence-electron chi connectivity index (χ1n) is 9.99. The summed E-state index contributed by atoms with van der Waals surface area (Å²) in [6.07, 6.45) is 0.796. The van der Waals surface area contributed by atoms with Crippen molar-refractivity contribution < 1.29 is 9.53 Å². The van der Waals surface area contributed by atoms with E-state index in [2.05, 4.69) is 40.9 Å². The van der Waals surface area contributed by atoms with Crippen molar-refractivity contribution in [2.24, 2.45) is 10.9 Å². The van der Waals surface area contributed by atoms with Crippen molar-refractivity contribution in [3.05, 3.63) is 65.2 Å². The van der Waals surface area contributed by atoms with Gasteiger partial charge in [-0.05, 0) is 47.7 Å². The Kier molecular flexibility index (Phi) is 11.9. The van der Waals surface area contributed by atoms with Gasteiger partial charge in [-0.1, -0.05) is 38.1 Å². The summed E-state index contributed by atoms with van der Waals surface area (Å²) in [5.41, 5.74) is 2.91. The molecule has 0 radical (unpaired) electrons. The number of guanidine groups is 1. The predicted molar refractivity (Wildman–Crippen MR) is 134 cm³/mol. The van der Waals surface area contributed by atoms with Crippen molar-refractivity contribution in [3.63, 3.8) is 0 Å². The Balaban J connectivity index is 0.00000450. The van der Waals surface area contributed by atoms with E-state index >= 15 is 0 Å². The third kappa shape index (κ3) is 9.02. The first-order chi connectivity index (χ1) is 14.0. The SMILES string of the molecule is CN=C(NCCc1cccc(C(=O)NC)c1)NCc1cccc(OCC(C)C)c1.I. The molecule has 0 bridgehead atoms. The van der Waals surface area contributed by atoms with Crippen LogP contribution in [0.4, 0.5) is 0 Å². The molecule has 0 heterocycles. The zero-order chi connectivity index (χ0) is 21.1.